The van der Waals surface area contributed by atoms with E-state index in [1.54, 1.807) is 13.3 Å². The predicted octanol–water partition coefficient (Wildman–Crippen LogP) is 2.31. The first-order valence-electron chi connectivity index (χ1n) is 5.74. The molecule has 2 aromatic rings. The fourth-order valence-electron chi connectivity index (χ4n) is 1.75. The molecule has 2 N–H and O–H groups in total. The molecule has 0 aliphatic rings. The summed E-state index contributed by atoms with van der Waals surface area (Å²) in [6.07, 6.45) is 1.66. The van der Waals surface area contributed by atoms with Crippen LogP contribution in [0.2, 0.25) is 0 Å². The van der Waals surface area contributed by atoms with Crippen LogP contribution in [-0.2, 0) is 6.54 Å². The Labute approximate surface area is 107 Å². The molecule has 4 heteroatoms. The average molecular weight is 243 g/mol. The molecule has 94 valence electrons. The van der Waals surface area contributed by atoms with E-state index < -0.39 is 0 Å². The Hall–Kier alpha value is -2.23. The molecule has 0 radical (unpaired) electrons. The third kappa shape index (κ3) is 2.91. The third-order valence-electron chi connectivity index (χ3n) is 2.72. The van der Waals surface area contributed by atoms with Crippen molar-refractivity contribution < 1.29 is 4.74 Å². The van der Waals surface area contributed by atoms with Gasteiger partial charge in [0.1, 0.15) is 11.6 Å². The minimum atomic E-state index is 0.675. The summed E-state index contributed by atoms with van der Waals surface area (Å²) >= 11 is 0. The largest absolute Gasteiger partial charge is 0.497 e. The van der Waals surface area contributed by atoms with Gasteiger partial charge in [-0.05, 0) is 29.8 Å². The van der Waals surface area contributed by atoms with Gasteiger partial charge in [0.05, 0.1) is 19.0 Å². The number of hydrogen-bond acceptors (Lipinski definition) is 4. The molecule has 0 aliphatic heterocycles. The van der Waals surface area contributed by atoms with Gasteiger partial charge in [-0.25, -0.2) is 4.98 Å². The number of nitrogen functional groups attached to an aromatic ring is 1. The molecule has 0 atom stereocenters. The van der Waals surface area contributed by atoms with E-state index in [9.17, 15) is 0 Å². The van der Waals surface area contributed by atoms with Gasteiger partial charge in [-0.2, -0.15) is 0 Å². The fourth-order valence-corrected chi connectivity index (χ4v) is 1.75. The van der Waals surface area contributed by atoms with E-state index in [1.165, 1.54) is 5.56 Å². The maximum absolute atomic E-state index is 5.62. The lowest BCUT2D eigenvalue weighted by molar-refractivity contribution is 0.414. The lowest BCUT2D eigenvalue weighted by atomic mass is 10.2. The number of methoxy groups -OCH3 is 1. The Morgan fingerprint density at radius 1 is 1.28 bits per heavy atom. The van der Waals surface area contributed by atoms with Crippen molar-refractivity contribution in [3.63, 3.8) is 0 Å². The van der Waals surface area contributed by atoms with E-state index in [0.29, 0.717) is 5.69 Å². The van der Waals surface area contributed by atoms with E-state index >= 15 is 0 Å². The molecule has 1 aromatic carbocycles. The first-order valence-corrected chi connectivity index (χ1v) is 5.74. The molecular formula is C14H17N3O. The highest BCUT2D eigenvalue weighted by Crippen LogP contribution is 2.17. The summed E-state index contributed by atoms with van der Waals surface area (Å²) in [7, 11) is 3.67. The van der Waals surface area contributed by atoms with Crippen molar-refractivity contribution in [2.24, 2.45) is 0 Å². The molecule has 2 rings (SSSR count). The summed E-state index contributed by atoms with van der Waals surface area (Å²) in [4.78, 5) is 6.35. The Morgan fingerprint density at radius 2 is 2.11 bits per heavy atom. The van der Waals surface area contributed by atoms with Gasteiger partial charge >= 0.3 is 0 Å². The van der Waals surface area contributed by atoms with Gasteiger partial charge in [0, 0.05) is 13.6 Å². The zero-order valence-corrected chi connectivity index (χ0v) is 10.6. The molecule has 0 saturated heterocycles. The van der Waals surface area contributed by atoms with Crippen LogP contribution in [0, 0.1) is 0 Å². The molecule has 1 aromatic heterocycles. The molecule has 1 heterocycles. The fraction of sp³-hybridized carbons (Fsp3) is 0.214. The first-order chi connectivity index (χ1) is 8.69. The van der Waals surface area contributed by atoms with Gasteiger partial charge in [0.25, 0.3) is 0 Å². The molecule has 0 aliphatic carbocycles. The van der Waals surface area contributed by atoms with Crippen LogP contribution in [0.4, 0.5) is 11.5 Å². The summed E-state index contributed by atoms with van der Waals surface area (Å²) in [5.74, 6) is 1.76. The van der Waals surface area contributed by atoms with E-state index in [4.69, 9.17) is 10.5 Å². The monoisotopic (exact) mass is 243 g/mol. The molecular weight excluding hydrogens is 226 g/mol. The van der Waals surface area contributed by atoms with Crippen LogP contribution in [0.5, 0.6) is 5.75 Å². The van der Waals surface area contributed by atoms with Crippen molar-refractivity contribution in [1.29, 1.82) is 0 Å². The van der Waals surface area contributed by atoms with E-state index in [1.807, 2.05) is 37.4 Å². The van der Waals surface area contributed by atoms with Crippen molar-refractivity contribution in [2.45, 2.75) is 6.54 Å². The Balaban J connectivity index is 2.10. The SMILES string of the molecule is COc1cccc(CN(C)c2ccc(N)cn2)c1. The van der Waals surface area contributed by atoms with Gasteiger partial charge in [0.2, 0.25) is 0 Å². The molecule has 0 fully saturated rings. The average Bonchev–Trinajstić information content (AvgIpc) is 2.39. The third-order valence-corrected chi connectivity index (χ3v) is 2.72. The Morgan fingerprint density at radius 3 is 2.78 bits per heavy atom. The second-order valence-corrected chi connectivity index (χ2v) is 4.16. The summed E-state index contributed by atoms with van der Waals surface area (Å²) < 4.78 is 5.21. The number of hydrogen-bond donors (Lipinski definition) is 1. The number of anilines is 2. The predicted molar refractivity (Wildman–Crippen MR) is 73.8 cm³/mol. The molecule has 4 nitrogen and oxygen atoms in total. The second-order valence-electron chi connectivity index (χ2n) is 4.16. The number of benzene rings is 1. The summed E-state index contributed by atoms with van der Waals surface area (Å²) in [6, 6.07) is 11.8. The van der Waals surface area contributed by atoms with E-state index in [2.05, 4.69) is 16.0 Å². The number of ether oxygens (including phenoxy) is 1. The lowest BCUT2D eigenvalue weighted by Gasteiger charge is -2.18. The highest BCUT2D eigenvalue weighted by molar-refractivity contribution is 5.46. The first kappa shape index (κ1) is 12.2. The topological polar surface area (TPSA) is 51.4 Å². The molecule has 0 saturated carbocycles. The van der Waals surface area contributed by atoms with Crippen LogP contribution in [0.15, 0.2) is 42.6 Å². The van der Waals surface area contributed by atoms with Crippen molar-refractivity contribution in [1.82, 2.24) is 4.98 Å². The van der Waals surface area contributed by atoms with Crippen LogP contribution in [-0.4, -0.2) is 19.1 Å². The Kier molecular flexibility index (Phi) is 3.67. The standard InChI is InChI=1S/C14H17N3O/c1-17(14-7-6-12(15)9-16-14)10-11-4-3-5-13(8-11)18-2/h3-9H,10,15H2,1-2H3. The lowest BCUT2D eigenvalue weighted by Crippen LogP contribution is -2.17. The zero-order chi connectivity index (χ0) is 13.0. The number of rotatable bonds is 4. The second kappa shape index (κ2) is 5.40. The van der Waals surface area contributed by atoms with E-state index in [-0.39, 0.29) is 0 Å². The summed E-state index contributed by atoms with van der Waals surface area (Å²) in [5, 5.41) is 0. The zero-order valence-electron chi connectivity index (χ0n) is 10.6. The van der Waals surface area contributed by atoms with Gasteiger partial charge in [0.15, 0.2) is 0 Å². The van der Waals surface area contributed by atoms with Crippen molar-refractivity contribution in [3.05, 3.63) is 48.2 Å². The summed E-state index contributed by atoms with van der Waals surface area (Å²) in [5.41, 5.74) is 7.47. The van der Waals surface area contributed by atoms with Gasteiger partial charge in [-0.15, -0.1) is 0 Å². The maximum Gasteiger partial charge on any atom is 0.128 e. The van der Waals surface area contributed by atoms with Crippen molar-refractivity contribution in [2.75, 3.05) is 24.8 Å². The normalized spacial score (nSPS) is 10.1. The minimum absolute atomic E-state index is 0.675. The molecule has 0 spiro atoms. The minimum Gasteiger partial charge on any atom is -0.497 e. The van der Waals surface area contributed by atoms with Crippen molar-refractivity contribution >= 4 is 11.5 Å². The Bertz CT molecular complexity index is 511. The van der Waals surface area contributed by atoms with E-state index in [0.717, 1.165) is 18.1 Å². The van der Waals surface area contributed by atoms with Crippen molar-refractivity contribution in [3.8, 4) is 5.75 Å². The molecule has 0 unspecified atom stereocenters. The van der Waals surface area contributed by atoms with Crippen LogP contribution in [0.3, 0.4) is 0 Å². The smallest absolute Gasteiger partial charge is 0.128 e. The van der Waals surface area contributed by atoms with Crippen LogP contribution >= 0.6 is 0 Å². The molecule has 0 amide bonds. The maximum atomic E-state index is 5.62. The number of nitrogens with two attached hydrogens (primary N) is 1. The van der Waals surface area contributed by atoms with Gasteiger partial charge in [-0.3, -0.25) is 0 Å². The van der Waals surface area contributed by atoms with Crippen LogP contribution < -0.4 is 15.4 Å². The molecule has 0 bridgehead atoms. The quantitative estimate of drug-likeness (QED) is 0.895. The molecule has 18 heavy (non-hydrogen) atoms. The summed E-state index contributed by atoms with van der Waals surface area (Å²) in [6.45, 7) is 0.772. The highest BCUT2D eigenvalue weighted by atomic mass is 16.5. The highest BCUT2D eigenvalue weighted by Gasteiger charge is 2.04. The van der Waals surface area contributed by atoms with Gasteiger partial charge in [-0.1, -0.05) is 12.1 Å². The number of nitrogens with zero attached hydrogens (tertiary/aromatic N) is 2. The number of pyridine rings is 1. The number of aromatic nitrogens is 1. The van der Waals surface area contributed by atoms with Crippen LogP contribution in [0.1, 0.15) is 5.56 Å². The van der Waals surface area contributed by atoms with Gasteiger partial charge < -0.3 is 15.4 Å². The van der Waals surface area contributed by atoms with Crippen LogP contribution in [0.25, 0.3) is 0 Å².